The Labute approximate surface area is 67.3 Å². The predicted molar refractivity (Wildman–Crippen MR) is 34.2 cm³/mol. The molecule has 0 heterocycles. The van der Waals surface area contributed by atoms with E-state index in [2.05, 4.69) is 4.74 Å². The molecule has 0 atom stereocenters. The van der Waals surface area contributed by atoms with Gasteiger partial charge in [0.25, 0.3) is 0 Å². The number of hydrogen-bond acceptors (Lipinski definition) is 3. The second kappa shape index (κ2) is 4.15. The molecule has 0 aromatic carbocycles. The van der Waals surface area contributed by atoms with Crippen molar-refractivity contribution in [1.82, 2.24) is 10.4 Å². The highest BCUT2D eigenvalue weighted by molar-refractivity contribution is 5.66. The van der Waals surface area contributed by atoms with Crippen LogP contribution in [0.4, 0.5) is 18.0 Å². The Kier molecular flexibility index (Phi) is 3.81. The summed E-state index contributed by atoms with van der Waals surface area (Å²) in [5.74, 6) is 0. The molecule has 0 bridgehead atoms. The maximum Gasteiger partial charge on any atom is 0.422 e. The molecule has 0 aromatic rings. The minimum atomic E-state index is -4.48. The van der Waals surface area contributed by atoms with Gasteiger partial charge in [-0.2, -0.15) is 13.2 Å². The Morgan fingerprint density at radius 2 is 2.00 bits per heavy atom. The van der Waals surface area contributed by atoms with Crippen LogP contribution in [0.25, 0.3) is 0 Å². The molecular formula is C5H9F3N2O2. The lowest BCUT2D eigenvalue weighted by Crippen LogP contribution is -2.38. The van der Waals surface area contributed by atoms with E-state index in [0.29, 0.717) is 0 Å². The fraction of sp³-hybridized carbons (Fsp3) is 0.800. The fourth-order valence-electron chi connectivity index (χ4n) is 0.362. The Morgan fingerprint density at radius 1 is 1.50 bits per heavy atom. The van der Waals surface area contributed by atoms with E-state index in [0.717, 1.165) is 0 Å². The summed E-state index contributed by atoms with van der Waals surface area (Å²) in [5.41, 5.74) is 1.99. The molecule has 12 heavy (non-hydrogen) atoms. The second-order valence-electron chi connectivity index (χ2n) is 2.20. The number of nitrogens with one attached hydrogen (secondary N) is 1. The van der Waals surface area contributed by atoms with Crippen LogP contribution in [0.2, 0.25) is 0 Å². The van der Waals surface area contributed by atoms with Gasteiger partial charge in [-0.3, -0.25) is 5.43 Å². The first-order valence-electron chi connectivity index (χ1n) is 2.99. The number of halogens is 3. The summed E-state index contributed by atoms with van der Waals surface area (Å²) in [6.07, 6.45) is -5.61. The molecule has 0 fully saturated rings. The van der Waals surface area contributed by atoms with Crippen molar-refractivity contribution in [3.8, 4) is 0 Å². The Balaban J connectivity index is 3.58. The van der Waals surface area contributed by atoms with E-state index in [9.17, 15) is 18.0 Å². The molecule has 0 unspecified atom stereocenters. The minimum absolute atomic E-state index is 1.13. The lowest BCUT2D eigenvalue weighted by molar-refractivity contribution is -0.161. The van der Waals surface area contributed by atoms with Gasteiger partial charge < -0.3 is 4.74 Å². The van der Waals surface area contributed by atoms with E-state index < -0.39 is 18.9 Å². The second-order valence-corrected chi connectivity index (χ2v) is 2.20. The summed E-state index contributed by atoms with van der Waals surface area (Å²) in [5, 5.41) is 1.18. The molecule has 0 aliphatic carbocycles. The van der Waals surface area contributed by atoms with Gasteiger partial charge in [-0.25, -0.2) is 9.80 Å². The number of carbonyl (C=O) groups excluding carboxylic acids is 1. The third kappa shape index (κ3) is 7.13. The molecule has 0 radical (unpaired) electrons. The third-order valence-corrected chi connectivity index (χ3v) is 0.682. The van der Waals surface area contributed by atoms with Crippen molar-refractivity contribution in [2.45, 2.75) is 6.18 Å². The molecule has 0 saturated carbocycles. The average molecular weight is 186 g/mol. The van der Waals surface area contributed by atoms with Gasteiger partial charge in [0, 0.05) is 14.1 Å². The van der Waals surface area contributed by atoms with E-state index in [1.807, 2.05) is 5.43 Å². The highest BCUT2D eigenvalue weighted by Crippen LogP contribution is 2.14. The van der Waals surface area contributed by atoms with Crippen molar-refractivity contribution in [3.05, 3.63) is 0 Å². The quantitative estimate of drug-likeness (QED) is 0.647. The lowest BCUT2D eigenvalue weighted by Gasteiger charge is -2.12. The van der Waals surface area contributed by atoms with E-state index in [-0.39, 0.29) is 0 Å². The Hall–Kier alpha value is -0.980. The van der Waals surface area contributed by atoms with Crippen LogP contribution in [-0.2, 0) is 4.74 Å². The summed E-state index contributed by atoms with van der Waals surface area (Å²) in [7, 11) is 2.91. The molecule has 7 heteroatoms. The van der Waals surface area contributed by atoms with E-state index in [4.69, 9.17) is 0 Å². The first kappa shape index (κ1) is 11.0. The summed E-state index contributed by atoms with van der Waals surface area (Å²) in [6.45, 7) is -1.58. The predicted octanol–water partition coefficient (Wildman–Crippen LogP) is 0.751. The van der Waals surface area contributed by atoms with Crippen molar-refractivity contribution < 1.29 is 22.7 Å². The number of ether oxygens (including phenoxy) is 1. The van der Waals surface area contributed by atoms with Crippen LogP contribution in [0.15, 0.2) is 0 Å². The third-order valence-electron chi connectivity index (χ3n) is 0.682. The lowest BCUT2D eigenvalue weighted by atomic mass is 10.7. The maximum absolute atomic E-state index is 11.4. The molecular weight excluding hydrogens is 177 g/mol. The van der Waals surface area contributed by atoms with E-state index in [1.165, 1.54) is 19.1 Å². The zero-order valence-corrected chi connectivity index (χ0v) is 6.60. The van der Waals surface area contributed by atoms with Crippen LogP contribution < -0.4 is 5.43 Å². The molecule has 1 N–H and O–H groups in total. The zero-order chi connectivity index (χ0) is 9.78. The van der Waals surface area contributed by atoms with Gasteiger partial charge in [0.1, 0.15) is 0 Å². The average Bonchev–Trinajstić information content (AvgIpc) is 1.80. The molecule has 1 amide bonds. The molecule has 0 rings (SSSR count). The number of carbonyl (C=O) groups is 1. The Morgan fingerprint density at radius 3 is 2.33 bits per heavy atom. The fourth-order valence-corrected chi connectivity index (χ4v) is 0.362. The Bertz CT molecular complexity index is 157. The number of hydrazine groups is 1. The van der Waals surface area contributed by atoms with Crippen molar-refractivity contribution in [2.75, 3.05) is 20.7 Å². The van der Waals surface area contributed by atoms with Crippen LogP contribution in [0.3, 0.4) is 0 Å². The molecule has 0 spiro atoms. The van der Waals surface area contributed by atoms with Gasteiger partial charge in [0.15, 0.2) is 6.61 Å². The van der Waals surface area contributed by atoms with Crippen LogP contribution in [0, 0.1) is 0 Å². The first-order chi connectivity index (χ1) is 5.31. The SMILES string of the molecule is CN(C)NC(=O)OCC(F)(F)F. The van der Waals surface area contributed by atoms with Crippen LogP contribution in [-0.4, -0.2) is 38.0 Å². The molecule has 0 aromatic heterocycles. The van der Waals surface area contributed by atoms with Crippen LogP contribution in [0.1, 0.15) is 0 Å². The van der Waals surface area contributed by atoms with Crippen LogP contribution >= 0.6 is 0 Å². The number of nitrogens with zero attached hydrogens (tertiary/aromatic N) is 1. The van der Waals surface area contributed by atoms with Gasteiger partial charge in [-0.1, -0.05) is 0 Å². The van der Waals surface area contributed by atoms with E-state index in [1.54, 1.807) is 0 Å². The largest absolute Gasteiger partial charge is 0.439 e. The van der Waals surface area contributed by atoms with Crippen molar-refractivity contribution in [2.24, 2.45) is 0 Å². The number of hydrogen-bond donors (Lipinski definition) is 1. The monoisotopic (exact) mass is 186 g/mol. The molecule has 4 nitrogen and oxygen atoms in total. The number of amides is 1. The minimum Gasteiger partial charge on any atom is -0.439 e. The molecule has 72 valence electrons. The molecule has 0 aliphatic rings. The summed E-state index contributed by atoms with van der Waals surface area (Å²) in [6, 6.07) is 0. The zero-order valence-electron chi connectivity index (χ0n) is 6.60. The van der Waals surface area contributed by atoms with Gasteiger partial charge in [0.05, 0.1) is 0 Å². The van der Waals surface area contributed by atoms with Gasteiger partial charge >= 0.3 is 12.3 Å². The normalized spacial score (nSPS) is 11.5. The standard InChI is InChI=1S/C5H9F3N2O2/c1-10(2)9-4(11)12-3-5(6,7)8/h3H2,1-2H3,(H,9,11). The van der Waals surface area contributed by atoms with Gasteiger partial charge in [-0.05, 0) is 0 Å². The highest BCUT2D eigenvalue weighted by atomic mass is 19.4. The molecule has 0 aliphatic heterocycles. The summed E-state index contributed by atoms with van der Waals surface area (Å²) < 4.78 is 38.1. The van der Waals surface area contributed by atoms with E-state index >= 15 is 0 Å². The topological polar surface area (TPSA) is 41.6 Å². The van der Waals surface area contributed by atoms with Crippen molar-refractivity contribution in [1.29, 1.82) is 0 Å². The summed E-state index contributed by atoms with van der Waals surface area (Å²) in [4.78, 5) is 10.4. The number of rotatable bonds is 2. The van der Waals surface area contributed by atoms with Gasteiger partial charge in [0.2, 0.25) is 0 Å². The van der Waals surface area contributed by atoms with Gasteiger partial charge in [-0.15, -0.1) is 0 Å². The maximum atomic E-state index is 11.4. The smallest absolute Gasteiger partial charge is 0.422 e. The van der Waals surface area contributed by atoms with Crippen molar-refractivity contribution >= 4 is 6.09 Å². The highest BCUT2D eigenvalue weighted by Gasteiger charge is 2.29. The molecule has 0 saturated heterocycles. The van der Waals surface area contributed by atoms with Crippen LogP contribution in [0.5, 0.6) is 0 Å². The summed E-state index contributed by atoms with van der Waals surface area (Å²) >= 11 is 0. The number of alkyl halides is 3. The van der Waals surface area contributed by atoms with Crippen molar-refractivity contribution in [3.63, 3.8) is 0 Å². The first-order valence-corrected chi connectivity index (χ1v) is 2.99.